The van der Waals surface area contributed by atoms with Crippen molar-refractivity contribution in [3.63, 3.8) is 0 Å². The highest BCUT2D eigenvalue weighted by Gasteiger charge is 2.66. The molecule has 0 unspecified atom stereocenters. The van der Waals surface area contributed by atoms with Crippen molar-refractivity contribution in [1.29, 1.82) is 0 Å². The third-order valence-electron chi connectivity index (χ3n) is 9.97. The standard InChI is InChI=1S/C35H36FN7O6Si/c1-22-32(50(2,3)36)31(14-16-40-21-25(15-17-44)38-39-40)49-35(22)29-18-27(43(47)48)12-13-30(29)41(34(35)46)20-23-8-10-26(11-9-23)42-33(45)28-7-5-4-6-24(28)19-37-42/h4-13,18-19,21-22,31-32,44H,14-17,20H2,1-3H3/t22-,31+,32-,35+/m0/s1. The van der Waals surface area contributed by atoms with Gasteiger partial charge in [0, 0.05) is 60.3 Å². The molecule has 2 aliphatic rings. The monoisotopic (exact) mass is 697 g/mol. The Kier molecular flexibility index (Phi) is 8.44. The number of aliphatic hydroxyl groups is 1. The summed E-state index contributed by atoms with van der Waals surface area (Å²) in [5, 5.41) is 35.0. The first-order valence-corrected chi connectivity index (χ1v) is 19.4. The Hall–Kier alpha value is -5.12. The van der Waals surface area contributed by atoms with E-state index in [2.05, 4.69) is 15.4 Å². The van der Waals surface area contributed by atoms with Crippen molar-refractivity contribution in [2.75, 3.05) is 11.5 Å². The number of aryl methyl sites for hydroxylation is 1. The van der Waals surface area contributed by atoms with E-state index in [0.717, 1.165) is 10.9 Å². The zero-order chi connectivity index (χ0) is 35.4. The fourth-order valence-electron chi connectivity index (χ4n) is 7.71. The SMILES string of the molecule is C[C@H]1[C@H]([Si](C)(C)F)[C@@H](CCn2cc(CCO)nn2)O[C@]12C(=O)N(Cc1ccc(-n3ncc4ccccc4c3=O)cc1)c1ccc([N+](=O)[O-])cc12. The van der Waals surface area contributed by atoms with Crippen molar-refractivity contribution < 1.29 is 23.7 Å². The van der Waals surface area contributed by atoms with Gasteiger partial charge in [0.1, 0.15) is 0 Å². The number of hydrogen-bond donors (Lipinski definition) is 1. The summed E-state index contributed by atoms with van der Waals surface area (Å²) in [4.78, 5) is 40.8. The number of halogens is 1. The summed E-state index contributed by atoms with van der Waals surface area (Å²) in [6.07, 6.45) is 3.37. The molecular formula is C35H36FN7O6Si. The van der Waals surface area contributed by atoms with Crippen molar-refractivity contribution in [3.8, 4) is 5.69 Å². The molecule has 1 amide bonds. The lowest BCUT2D eigenvalue weighted by molar-refractivity contribution is -0.385. The Balaban J connectivity index is 1.22. The maximum absolute atomic E-state index is 16.2. The van der Waals surface area contributed by atoms with Crippen LogP contribution in [0.4, 0.5) is 15.5 Å². The van der Waals surface area contributed by atoms with Crippen LogP contribution in [0.15, 0.2) is 83.9 Å². The zero-order valence-corrected chi connectivity index (χ0v) is 28.8. The molecule has 258 valence electrons. The van der Waals surface area contributed by atoms with Gasteiger partial charge in [0.25, 0.3) is 17.2 Å². The molecule has 0 aliphatic carbocycles. The Labute approximate surface area is 287 Å². The first kappa shape index (κ1) is 33.4. The first-order valence-electron chi connectivity index (χ1n) is 16.5. The topological polar surface area (TPSA) is 159 Å². The van der Waals surface area contributed by atoms with Gasteiger partial charge in [-0.1, -0.05) is 42.5 Å². The number of carbonyl (C=O) groups excluding carboxylic acids is 1. The van der Waals surface area contributed by atoms with Crippen LogP contribution in [0.3, 0.4) is 0 Å². The second-order valence-corrected chi connectivity index (χ2v) is 17.3. The molecule has 4 atom stereocenters. The second kappa shape index (κ2) is 12.6. The van der Waals surface area contributed by atoms with Crippen molar-refractivity contribution in [2.24, 2.45) is 5.92 Å². The van der Waals surface area contributed by atoms with E-state index in [9.17, 15) is 24.8 Å². The molecule has 50 heavy (non-hydrogen) atoms. The molecule has 1 N–H and O–H groups in total. The van der Waals surface area contributed by atoms with E-state index in [1.807, 2.05) is 12.1 Å². The minimum atomic E-state index is -3.47. The van der Waals surface area contributed by atoms with E-state index in [4.69, 9.17) is 4.74 Å². The lowest BCUT2D eigenvalue weighted by Gasteiger charge is -2.31. The number of nitro benzene ring substituents is 1. The molecule has 1 spiro atoms. The first-order chi connectivity index (χ1) is 23.9. The molecule has 0 saturated carbocycles. The van der Waals surface area contributed by atoms with Crippen LogP contribution in [-0.4, -0.2) is 61.8 Å². The number of carbonyl (C=O) groups is 1. The van der Waals surface area contributed by atoms with Crippen LogP contribution in [0.25, 0.3) is 16.5 Å². The largest absolute Gasteiger partial charge is 0.396 e. The van der Waals surface area contributed by atoms with Gasteiger partial charge in [-0.15, -0.1) is 5.10 Å². The molecule has 0 bridgehead atoms. The van der Waals surface area contributed by atoms with Crippen LogP contribution < -0.4 is 10.5 Å². The molecule has 7 rings (SSSR count). The molecule has 3 aromatic carbocycles. The lowest BCUT2D eigenvalue weighted by atomic mass is 9.82. The molecule has 4 heterocycles. The zero-order valence-electron chi connectivity index (χ0n) is 27.8. The van der Waals surface area contributed by atoms with Gasteiger partial charge in [-0.25, -0.2) is 0 Å². The molecule has 1 saturated heterocycles. The minimum Gasteiger partial charge on any atom is -0.396 e. The van der Waals surface area contributed by atoms with Gasteiger partial charge in [0.05, 0.1) is 46.2 Å². The average Bonchev–Trinajstić information content (AvgIpc) is 3.74. The molecule has 2 aromatic heterocycles. The molecule has 0 radical (unpaired) electrons. The average molecular weight is 698 g/mol. The number of anilines is 1. The highest BCUT2D eigenvalue weighted by Crippen LogP contribution is 2.60. The number of fused-ring (bicyclic) bond motifs is 3. The number of aromatic nitrogens is 5. The Bertz CT molecular complexity index is 2170. The molecule has 2 aliphatic heterocycles. The van der Waals surface area contributed by atoms with Crippen LogP contribution in [0.1, 0.15) is 30.2 Å². The number of non-ortho nitro benzene ring substituents is 1. The summed E-state index contributed by atoms with van der Waals surface area (Å²) in [5.74, 6) is -1.04. The van der Waals surface area contributed by atoms with Crippen LogP contribution in [0, 0.1) is 16.0 Å². The third kappa shape index (κ3) is 5.60. The van der Waals surface area contributed by atoms with Gasteiger partial charge >= 0.3 is 0 Å². The highest BCUT2D eigenvalue weighted by molar-refractivity contribution is 6.72. The Morgan fingerprint density at radius 1 is 1.10 bits per heavy atom. The summed E-state index contributed by atoms with van der Waals surface area (Å²) in [7, 11) is -3.47. The second-order valence-electron chi connectivity index (χ2n) is 13.5. The number of nitro groups is 1. The maximum atomic E-state index is 16.2. The molecule has 15 heteroatoms. The van der Waals surface area contributed by atoms with Crippen molar-refractivity contribution in [3.05, 3.63) is 116 Å². The van der Waals surface area contributed by atoms with Crippen LogP contribution >= 0.6 is 0 Å². The van der Waals surface area contributed by atoms with Gasteiger partial charge < -0.3 is 18.9 Å². The van der Waals surface area contributed by atoms with Gasteiger partial charge in [-0.2, -0.15) is 9.78 Å². The maximum Gasteiger partial charge on any atom is 0.279 e. The predicted octanol–water partition coefficient (Wildman–Crippen LogP) is 4.83. The molecule has 1 fully saturated rings. The van der Waals surface area contributed by atoms with E-state index < -0.39 is 42.4 Å². The minimum absolute atomic E-state index is 0.0653. The lowest BCUT2D eigenvalue weighted by Crippen LogP contribution is -2.45. The van der Waals surface area contributed by atoms with E-state index in [-0.39, 0.29) is 24.4 Å². The van der Waals surface area contributed by atoms with Gasteiger partial charge in [0.2, 0.25) is 8.41 Å². The smallest absolute Gasteiger partial charge is 0.279 e. The van der Waals surface area contributed by atoms with E-state index in [0.29, 0.717) is 47.4 Å². The van der Waals surface area contributed by atoms with E-state index in [1.165, 1.54) is 16.8 Å². The number of amides is 1. The fraction of sp³-hybridized carbons (Fsp3) is 0.343. The number of nitrogens with zero attached hydrogens (tertiary/aromatic N) is 7. The van der Waals surface area contributed by atoms with Crippen LogP contribution in [0.5, 0.6) is 0 Å². The van der Waals surface area contributed by atoms with Crippen molar-refractivity contribution in [1.82, 2.24) is 24.8 Å². The summed E-state index contributed by atoms with van der Waals surface area (Å²) >= 11 is 0. The number of benzene rings is 3. The molecule has 13 nitrogen and oxygen atoms in total. The van der Waals surface area contributed by atoms with Crippen molar-refractivity contribution in [2.45, 2.75) is 63.2 Å². The van der Waals surface area contributed by atoms with Gasteiger partial charge in [-0.3, -0.25) is 24.4 Å². The van der Waals surface area contributed by atoms with Gasteiger partial charge in [-0.05, 0) is 49.3 Å². The summed E-state index contributed by atoms with van der Waals surface area (Å²) in [6, 6.07) is 18.6. The van der Waals surface area contributed by atoms with Crippen LogP contribution in [0.2, 0.25) is 18.6 Å². The molecule has 5 aromatic rings. The normalized spacial score (nSPS) is 21.7. The summed E-state index contributed by atoms with van der Waals surface area (Å²) in [6.45, 7) is 5.39. The predicted molar refractivity (Wildman–Crippen MR) is 185 cm³/mol. The quantitative estimate of drug-likeness (QED) is 0.0934. The van der Waals surface area contributed by atoms with E-state index in [1.54, 1.807) is 84.5 Å². The number of rotatable bonds is 10. The summed E-state index contributed by atoms with van der Waals surface area (Å²) in [5.41, 5.74) is 0.0326. The Morgan fingerprint density at radius 3 is 2.58 bits per heavy atom. The van der Waals surface area contributed by atoms with Crippen molar-refractivity contribution >= 4 is 36.5 Å². The number of aliphatic hydroxyl groups excluding tert-OH is 1. The van der Waals surface area contributed by atoms with Gasteiger partial charge in [0.15, 0.2) is 5.60 Å². The number of ether oxygens (including phenoxy) is 1. The third-order valence-corrected chi connectivity index (χ3v) is 12.4. The fourth-order valence-corrected chi connectivity index (χ4v) is 10.3. The van der Waals surface area contributed by atoms with Crippen LogP contribution in [-0.2, 0) is 34.6 Å². The summed E-state index contributed by atoms with van der Waals surface area (Å²) < 4.78 is 25.9. The Morgan fingerprint density at radius 2 is 1.86 bits per heavy atom. The van der Waals surface area contributed by atoms with E-state index >= 15 is 4.11 Å². The highest BCUT2D eigenvalue weighted by atomic mass is 28.4. The molecular weight excluding hydrogens is 662 g/mol. The number of hydrogen-bond acceptors (Lipinski definition) is 9.